The van der Waals surface area contributed by atoms with Crippen LogP contribution in [0.1, 0.15) is 22.3 Å². The molecular weight excluding hydrogens is 396 g/mol. The molecule has 5 rings (SSSR count). The second kappa shape index (κ2) is 8.09. The van der Waals surface area contributed by atoms with E-state index >= 15 is 0 Å². The monoisotopic (exact) mass is 418 g/mol. The van der Waals surface area contributed by atoms with Gasteiger partial charge in [0.05, 0.1) is 23.7 Å². The first kappa shape index (κ1) is 19.7. The Labute approximate surface area is 186 Å². The molecule has 0 radical (unpaired) electrons. The summed E-state index contributed by atoms with van der Waals surface area (Å²) in [6, 6.07) is 28.5. The molecule has 0 aliphatic carbocycles. The van der Waals surface area contributed by atoms with Gasteiger partial charge in [-0.05, 0) is 54.4 Å². The van der Waals surface area contributed by atoms with Crippen molar-refractivity contribution in [2.45, 2.75) is 13.3 Å². The third-order valence-corrected chi connectivity index (χ3v) is 5.81. The predicted molar refractivity (Wildman–Crippen MR) is 128 cm³/mol. The Balaban J connectivity index is 1.80. The number of nitrogens with zero attached hydrogens (tertiary/aromatic N) is 3. The Hall–Kier alpha value is -4.30. The highest BCUT2D eigenvalue weighted by molar-refractivity contribution is 5.87. The smallest absolute Gasteiger partial charge is 0.157 e. The van der Waals surface area contributed by atoms with E-state index in [1.165, 1.54) is 5.56 Å². The van der Waals surface area contributed by atoms with Crippen LogP contribution in [0.25, 0.3) is 16.7 Å². The molecule has 5 nitrogen and oxygen atoms in total. The maximum atomic E-state index is 10.0. The minimum Gasteiger partial charge on any atom is -0.497 e. The predicted octanol–water partition coefficient (Wildman–Crippen LogP) is 6.01. The van der Waals surface area contributed by atoms with Crippen LogP contribution in [0.2, 0.25) is 0 Å². The first-order chi connectivity index (χ1) is 15.7. The Morgan fingerprint density at radius 2 is 1.69 bits per heavy atom. The molecule has 5 heteroatoms. The minimum atomic E-state index is 0.604. The Morgan fingerprint density at radius 1 is 0.969 bits per heavy atom. The van der Waals surface area contributed by atoms with Gasteiger partial charge in [-0.15, -0.1) is 0 Å². The molecule has 0 bridgehead atoms. The number of nitriles is 1. The van der Waals surface area contributed by atoms with E-state index in [0.717, 1.165) is 39.4 Å². The number of aromatic nitrogens is 2. The van der Waals surface area contributed by atoms with Crippen LogP contribution in [0, 0.1) is 18.3 Å². The van der Waals surface area contributed by atoms with E-state index in [-0.39, 0.29) is 0 Å². The zero-order valence-electron chi connectivity index (χ0n) is 18.0. The number of benzene rings is 3. The van der Waals surface area contributed by atoms with E-state index in [4.69, 9.17) is 9.72 Å². The van der Waals surface area contributed by atoms with Crippen molar-refractivity contribution in [2.75, 3.05) is 12.4 Å². The van der Waals surface area contributed by atoms with E-state index in [1.807, 2.05) is 73.7 Å². The number of rotatable bonds is 5. The summed E-state index contributed by atoms with van der Waals surface area (Å²) in [5.41, 5.74) is 7.22. The maximum absolute atomic E-state index is 10.0. The summed E-state index contributed by atoms with van der Waals surface area (Å²) >= 11 is 0. The molecule has 0 fully saturated rings. The number of methoxy groups -OCH3 is 1. The van der Waals surface area contributed by atoms with Gasteiger partial charge in [-0.3, -0.25) is 4.40 Å². The van der Waals surface area contributed by atoms with E-state index in [9.17, 15) is 5.26 Å². The second-order valence-corrected chi connectivity index (χ2v) is 7.71. The quantitative estimate of drug-likeness (QED) is 0.380. The zero-order valence-corrected chi connectivity index (χ0v) is 18.0. The normalized spacial score (nSPS) is 10.9. The van der Waals surface area contributed by atoms with Crippen LogP contribution in [0.3, 0.4) is 0 Å². The van der Waals surface area contributed by atoms with Crippen molar-refractivity contribution in [1.29, 1.82) is 5.26 Å². The van der Waals surface area contributed by atoms with Gasteiger partial charge in [-0.1, -0.05) is 42.5 Å². The molecule has 2 heterocycles. The van der Waals surface area contributed by atoms with Crippen LogP contribution >= 0.6 is 0 Å². The van der Waals surface area contributed by atoms with Gasteiger partial charge in [0, 0.05) is 17.7 Å². The number of nitrogens with one attached hydrogen (secondary N) is 1. The van der Waals surface area contributed by atoms with Crippen LogP contribution in [0.15, 0.2) is 78.9 Å². The van der Waals surface area contributed by atoms with Crippen molar-refractivity contribution in [3.8, 4) is 11.8 Å². The molecule has 3 aromatic carbocycles. The number of imidazole rings is 1. The van der Waals surface area contributed by atoms with Crippen LogP contribution < -0.4 is 10.1 Å². The molecule has 2 aromatic heterocycles. The van der Waals surface area contributed by atoms with Crippen molar-refractivity contribution < 1.29 is 4.74 Å². The lowest BCUT2D eigenvalue weighted by Crippen LogP contribution is -2.09. The summed E-state index contributed by atoms with van der Waals surface area (Å²) in [5.74, 6) is 1.72. The van der Waals surface area contributed by atoms with Gasteiger partial charge >= 0.3 is 0 Å². The molecular formula is C27H22N4O. The number of hydrogen-bond donors (Lipinski definition) is 1. The summed E-state index contributed by atoms with van der Waals surface area (Å²) in [6.45, 7) is 2.01. The molecule has 1 N–H and O–H groups in total. The summed E-state index contributed by atoms with van der Waals surface area (Å²) in [7, 11) is 1.66. The van der Waals surface area contributed by atoms with Crippen LogP contribution in [-0.4, -0.2) is 16.5 Å². The Kier molecular flexibility index (Phi) is 4.97. The Morgan fingerprint density at radius 3 is 2.41 bits per heavy atom. The lowest BCUT2D eigenvalue weighted by Gasteiger charge is -2.19. The molecule has 0 amide bonds. The largest absolute Gasteiger partial charge is 0.497 e. The first-order valence-corrected chi connectivity index (χ1v) is 10.5. The molecule has 0 atom stereocenters. The van der Waals surface area contributed by atoms with Gasteiger partial charge in [0.25, 0.3) is 0 Å². The van der Waals surface area contributed by atoms with E-state index in [2.05, 4.69) is 27.9 Å². The van der Waals surface area contributed by atoms with E-state index < -0.39 is 0 Å². The fourth-order valence-corrected chi connectivity index (χ4v) is 4.14. The molecule has 5 aromatic rings. The second-order valence-electron chi connectivity index (χ2n) is 7.71. The van der Waals surface area contributed by atoms with Gasteiger partial charge in [-0.25, -0.2) is 4.98 Å². The lowest BCUT2D eigenvalue weighted by atomic mass is 9.97. The topological polar surface area (TPSA) is 62.3 Å². The first-order valence-electron chi connectivity index (χ1n) is 10.5. The van der Waals surface area contributed by atoms with E-state index in [0.29, 0.717) is 17.6 Å². The molecule has 0 saturated heterocycles. The highest BCUT2D eigenvalue weighted by Crippen LogP contribution is 2.34. The van der Waals surface area contributed by atoms with Crippen molar-refractivity contribution >= 4 is 28.2 Å². The average molecular weight is 419 g/mol. The van der Waals surface area contributed by atoms with Gasteiger partial charge in [0.2, 0.25) is 0 Å². The molecule has 0 aliphatic rings. The number of fused-ring (bicyclic) bond motifs is 3. The Bertz CT molecular complexity index is 1460. The van der Waals surface area contributed by atoms with Crippen LogP contribution in [-0.2, 0) is 6.42 Å². The number of hydrogen-bond acceptors (Lipinski definition) is 4. The van der Waals surface area contributed by atoms with Crippen molar-refractivity contribution in [3.05, 3.63) is 101 Å². The van der Waals surface area contributed by atoms with Crippen molar-refractivity contribution in [1.82, 2.24) is 9.38 Å². The minimum absolute atomic E-state index is 0.604. The van der Waals surface area contributed by atoms with Gasteiger partial charge < -0.3 is 10.1 Å². The van der Waals surface area contributed by atoms with Crippen LogP contribution in [0.5, 0.6) is 5.75 Å². The number of para-hydroxylation sites is 2. The summed E-state index contributed by atoms with van der Waals surface area (Å²) in [5, 5.41) is 13.6. The van der Waals surface area contributed by atoms with Crippen LogP contribution in [0.4, 0.5) is 11.5 Å². The summed E-state index contributed by atoms with van der Waals surface area (Å²) in [4.78, 5) is 4.81. The standard InChI is InChI=1S/C27H22N4O/c1-18-22(16-19-8-4-3-5-9-19)26(29-20-12-14-21(32-2)15-13-20)31-25-11-7-6-10-24(25)30-27(31)23(18)17-28/h3-15,29H,16H2,1-2H3. The van der Waals surface area contributed by atoms with E-state index in [1.54, 1.807) is 7.11 Å². The highest BCUT2D eigenvalue weighted by Gasteiger charge is 2.21. The fourth-order valence-electron chi connectivity index (χ4n) is 4.14. The van der Waals surface area contributed by atoms with Gasteiger partial charge in [0.1, 0.15) is 17.6 Å². The maximum Gasteiger partial charge on any atom is 0.157 e. The average Bonchev–Trinajstić information content (AvgIpc) is 3.22. The molecule has 0 saturated carbocycles. The lowest BCUT2D eigenvalue weighted by molar-refractivity contribution is 0.415. The fraction of sp³-hybridized carbons (Fsp3) is 0.111. The number of anilines is 2. The third-order valence-electron chi connectivity index (χ3n) is 5.81. The molecule has 0 spiro atoms. The molecule has 156 valence electrons. The van der Waals surface area contributed by atoms with Gasteiger partial charge in [-0.2, -0.15) is 5.26 Å². The number of pyridine rings is 1. The third kappa shape index (κ3) is 3.32. The van der Waals surface area contributed by atoms with Crippen molar-refractivity contribution in [3.63, 3.8) is 0 Å². The molecule has 0 unspecified atom stereocenters. The number of ether oxygens (including phenoxy) is 1. The van der Waals surface area contributed by atoms with Gasteiger partial charge in [0.15, 0.2) is 5.65 Å². The zero-order chi connectivity index (χ0) is 22.1. The summed E-state index contributed by atoms with van der Waals surface area (Å²) in [6.07, 6.45) is 0.697. The highest BCUT2D eigenvalue weighted by atomic mass is 16.5. The molecule has 32 heavy (non-hydrogen) atoms. The summed E-state index contributed by atoms with van der Waals surface area (Å²) < 4.78 is 7.38. The molecule has 0 aliphatic heterocycles. The SMILES string of the molecule is COc1ccc(Nc2c(Cc3ccccc3)c(C)c(C#N)c3nc4ccccc4n23)cc1. The van der Waals surface area contributed by atoms with Crippen molar-refractivity contribution in [2.24, 2.45) is 0 Å².